The van der Waals surface area contributed by atoms with Crippen molar-refractivity contribution in [3.8, 4) is 5.75 Å². The Morgan fingerprint density at radius 3 is 2.19 bits per heavy atom. The molecule has 0 aliphatic heterocycles. The lowest BCUT2D eigenvalue weighted by molar-refractivity contribution is -0.140. The lowest BCUT2D eigenvalue weighted by Gasteiger charge is -2.34. The summed E-state index contributed by atoms with van der Waals surface area (Å²) in [5.74, 6) is -0.619. The zero-order valence-electron chi connectivity index (χ0n) is 23.6. The van der Waals surface area contributed by atoms with Crippen LogP contribution < -0.4 is 14.4 Å². The molecule has 4 rings (SSSR count). The highest BCUT2D eigenvalue weighted by molar-refractivity contribution is 7.92. The number of anilines is 1. The number of para-hydroxylation sites is 2. The molecule has 0 unspecified atom stereocenters. The molecule has 224 valence electrons. The first-order valence-corrected chi connectivity index (χ1v) is 16.4. The van der Waals surface area contributed by atoms with Gasteiger partial charge in [0.2, 0.25) is 21.8 Å². The molecule has 1 atom stereocenters. The maximum Gasteiger partial charge on any atom is 0.244 e. The Hall–Kier alpha value is -3.27. The second-order valence-corrected chi connectivity index (χ2v) is 13.1. The molecule has 0 heterocycles. The number of hydrogen-bond donors (Lipinski definition) is 1. The minimum Gasteiger partial charge on any atom is -0.495 e. The van der Waals surface area contributed by atoms with Crippen LogP contribution in [0.3, 0.4) is 0 Å². The van der Waals surface area contributed by atoms with E-state index in [4.69, 9.17) is 27.9 Å². The number of carbonyl (C=O) groups is 2. The fourth-order valence-corrected chi connectivity index (χ4v) is 6.58. The van der Waals surface area contributed by atoms with Crippen molar-refractivity contribution in [2.45, 2.75) is 50.7 Å². The minimum atomic E-state index is -3.94. The molecule has 1 fully saturated rings. The number of nitrogens with one attached hydrogen (secondary N) is 1. The van der Waals surface area contributed by atoms with Gasteiger partial charge in [0.25, 0.3) is 0 Å². The molecule has 8 nitrogen and oxygen atoms in total. The number of halogens is 2. The number of sulfonamides is 1. The zero-order chi connectivity index (χ0) is 30.3. The molecule has 0 spiro atoms. The number of benzene rings is 3. The third-order valence-electron chi connectivity index (χ3n) is 7.40. The molecule has 0 saturated heterocycles. The van der Waals surface area contributed by atoms with Crippen LogP contribution in [0.25, 0.3) is 0 Å². The first kappa shape index (κ1) is 31.7. The monoisotopic (exact) mass is 631 g/mol. The molecular weight excluding hydrogens is 597 g/mol. The molecule has 0 aromatic heterocycles. The summed E-state index contributed by atoms with van der Waals surface area (Å²) in [6, 6.07) is 20.0. The largest absolute Gasteiger partial charge is 0.495 e. The number of rotatable bonds is 12. The molecule has 11 heteroatoms. The van der Waals surface area contributed by atoms with Gasteiger partial charge in [0, 0.05) is 34.6 Å². The van der Waals surface area contributed by atoms with Gasteiger partial charge in [0.1, 0.15) is 18.3 Å². The summed E-state index contributed by atoms with van der Waals surface area (Å²) < 4.78 is 32.4. The summed E-state index contributed by atoms with van der Waals surface area (Å²) in [4.78, 5) is 29.6. The second-order valence-electron chi connectivity index (χ2n) is 10.4. The maximum atomic E-state index is 14.3. The third kappa shape index (κ3) is 7.96. The van der Waals surface area contributed by atoms with Gasteiger partial charge in [-0.3, -0.25) is 13.9 Å². The van der Waals surface area contributed by atoms with E-state index in [2.05, 4.69) is 5.32 Å². The van der Waals surface area contributed by atoms with Gasteiger partial charge in [-0.2, -0.15) is 0 Å². The van der Waals surface area contributed by atoms with Crippen molar-refractivity contribution in [2.24, 2.45) is 0 Å². The zero-order valence-corrected chi connectivity index (χ0v) is 26.0. The van der Waals surface area contributed by atoms with Crippen LogP contribution in [0, 0.1) is 0 Å². The Bertz CT molecular complexity index is 1480. The van der Waals surface area contributed by atoms with Crippen LogP contribution in [-0.4, -0.2) is 57.1 Å². The predicted octanol–water partition coefficient (Wildman–Crippen LogP) is 5.47. The Morgan fingerprint density at radius 2 is 1.57 bits per heavy atom. The van der Waals surface area contributed by atoms with Gasteiger partial charge in [0.05, 0.1) is 19.1 Å². The Balaban J connectivity index is 1.78. The van der Waals surface area contributed by atoms with Crippen molar-refractivity contribution < 1.29 is 22.7 Å². The van der Waals surface area contributed by atoms with E-state index in [-0.39, 0.29) is 36.4 Å². The molecule has 1 saturated carbocycles. The normalized spacial score (nSPS) is 14.3. The average molecular weight is 633 g/mol. The third-order valence-corrected chi connectivity index (χ3v) is 9.23. The Kier molecular flexibility index (Phi) is 10.8. The molecule has 1 aliphatic carbocycles. The van der Waals surface area contributed by atoms with Crippen molar-refractivity contribution in [3.63, 3.8) is 0 Å². The number of methoxy groups -OCH3 is 1. The maximum absolute atomic E-state index is 14.3. The molecule has 0 radical (unpaired) electrons. The van der Waals surface area contributed by atoms with Crippen molar-refractivity contribution >= 4 is 50.7 Å². The molecule has 0 bridgehead atoms. The summed E-state index contributed by atoms with van der Waals surface area (Å²) in [5.41, 5.74) is 1.52. The van der Waals surface area contributed by atoms with Crippen molar-refractivity contribution in [1.29, 1.82) is 0 Å². The minimum absolute atomic E-state index is 0.0118. The first-order valence-electron chi connectivity index (χ1n) is 13.8. The van der Waals surface area contributed by atoms with Crippen LogP contribution in [0.5, 0.6) is 5.75 Å². The van der Waals surface area contributed by atoms with Crippen molar-refractivity contribution in [2.75, 3.05) is 24.2 Å². The summed E-state index contributed by atoms with van der Waals surface area (Å²) in [6.07, 6.45) is 5.01. The average Bonchev–Trinajstić information content (AvgIpc) is 3.47. The summed E-state index contributed by atoms with van der Waals surface area (Å²) in [5, 5.41) is 3.80. The lowest BCUT2D eigenvalue weighted by Crippen LogP contribution is -2.54. The number of carbonyl (C=O) groups excluding carboxylic acids is 2. The van der Waals surface area contributed by atoms with E-state index in [9.17, 15) is 18.0 Å². The first-order chi connectivity index (χ1) is 20.1. The summed E-state index contributed by atoms with van der Waals surface area (Å²) in [7, 11) is -2.51. The number of nitrogens with zero attached hydrogens (tertiary/aromatic N) is 2. The van der Waals surface area contributed by atoms with E-state index in [1.54, 1.807) is 42.5 Å². The lowest BCUT2D eigenvalue weighted by atomic mass is 10.0. The van der Waals surface area contributed by atoms with Gasteiger partial charge in [-0.1, -0.05) is 84.6 Å². The molecule has 1 aliphatic rings. The van der Waals surface area contributed by atoms with Crippen LogP contribution in [-0.2, 0) is 32.6 Å². The highest BCUT2D eigenvalue weighted by Crippen LogP contribution is 2.31. The topological polar surface area (TPSA) is 96.0 Å². The number of amides is 2. The summed E-state index contributed by atoms with van der Waals surface area (Å²) in [6.45, 7) is -0.667. The Morgan fingerprint density at radius 1 is 0.952 bits per heavy atom. The van der Waals surface area contributed by atoms with Gasteiger partial charge < -0.3 is 15.0 Å². The van der Waals surface area contributed by atoms with E-state index in [0.29, 0.717) is 15.6 Å². The van der Waals surface area contributed by atoms with E-state index in [1.165, 1.54) is 12.0 Å². The quantitative estimate of drug-likeness (QED) is 0.286. The van der Waals surface area contributed by atoms with E-state index in [0.717, 1.165) is 41.8 Å². The summed E-state index contributed by atoms with van der Waals surface area (Å²) >= 11 is 13.1. The predicted molar refractivity (Wildman–Crippen MR) is 167 cm³/mol. The fraction of sp³-hybridized carbons (Fsp3) is 0.355. The number of ether oxygens (including phenoxy) is 1. The van der Waals surface area contributed by atoms with Crippen molar-refractivity contribution in [3.05, 3.63) is 94.0 Å². The Labute approximate surface area is 257 Å². The highest BCUT2D eigenvalue weighted by Gasteiger charge is 2.35. The molecular formula is C31H35Cl2N3O5S. The standard InChI is InChI=1S/C31H35Cl2N3O5S/c1-41-29-18-9-8-17-27(29)36(42(2,39)40)21-30(37)35(20-24-25(32)15-10-16-26(24)33)28(19-22-11-4-3-5-12-22)31(38)34-23-13-6-7-14-23/h3-5,8-12,15-18,23,28H,6-7,13-14,19-21H2,1-2H3,(H,34,38)/t28-/m0/s1. The number of hydrogen-bond acceptors (Lipinski definition) is 5. The highest BCUT2D eigenvalue weighted by atomic mass is 35.5. The van der Waals surface area contributed by atoms with Crippen LogP contribution in [0.2, 0.25) is 10.0 Å². The van der Waals surface area contributed by atoms with Crippen LogP contribution in [0.4, 0.5) is 5.69 Å². The SMILES string of the molecule is COc1ccccc1N(CC(=O)N(Cc1c(Cl)cccc1Cl)[C@@H](Cc1ccccc1)C(=O)NC1CCCC1)S(C)(=O)=O. The van der Waals surface area contributed by atoms with Gasteiger partial charge in [-0.15, -0.1) is 0 Å². The smallest absolute Gasteiger partial charge is 0.244 e. The van der Waals surface area contributed by atoms with Crippen LogP contribution in [0.15, 0.2) is 72.8 Å². The van der Waals surface area contributed by atoms with Gasteiger partial charge in [0.15, 0.2) is 0 Å². The molecule has 1 N–H and O–H groups in total. The fourth-order valence-electron chi connectivity index (χ4n) is 5.21. The molecule has 42 heavy (non-hydrogen) atoms. The van der Waals surface area contributed by atoms with Gasteiger partial charge in [-0.05, 0) is 42.7 Å². The van der Waals surface area contributed by atoms with Crippen LogP contribution >= 0.6 is 23.2 Å². The van der Waals surface area contributed by atoms with E-state index >= 15 is 0 Å². The van der Waals surface area contributed by atoms with E-state index < -0.39 is 28.5 Å². The van der Waals surface area contributed by atoms with Gasteiger partial charge in [-0.25, -0.2) is 8.42 Å². The molecule has 3 aromatic rings. The van der Waals surface area contributed by atoms with Gasteiger partial charge >= 0.3 is 0 Å². The molecule has 3 aromatic carbocycles. The second kappa shape index (κ2) is 14.3. The van der Waals surface area contributed by atoms with Crippen molar-refractivity contribution in [1.82, 2.24) is 10.2 Å². The van der Waals surface area contributed by atoms with Crippen LogP contribution in [0.1, 0.15) is 36.8 Å². The van der Waals surface area contributed by atoms with E-state index in [1.807, 2.05) is 30.3 Å². The molecule has 2 amide bonds.